The van der Waals surface area contributed by atoms with E-state index in [0.717, 1.165) is 0 Å². The van der Waals surface area contributed by atoms with Gasteiger partial charge in [-0.15, -0.1) is 0 Å². The third-order valence-corrected chi connectivity index (χ3v) is 10.0. The van der Waals surface area contributed by atoms with Crippen LogP contribution in [0.5, 0.6) is 0 Å². The predicted molar refractivity (Wildman–Crippen MR) is 123 cm³/mol. The van der Waals surface area contributed by atoms with Crippen molar-refractivity contribution in [2.75, 3.05) is 0 Å². The summed E-state index contributed by atoms with van der Waals surface area (Å²) >= 11 is 0. The second kappa shape index (κ2) is 8.71. The Morgan fingerprint density at radius 1 is 0.667 bits per heavy atom. The van der Waals surface area contributed by atoms with Crippen LogP contribution in [0.2, 0.25) is 0 Å². The Hall–Kier alpha value is -2.13. The molecule has 1 unspecified atom stereocenters. The fourth-order valence-corrected chi connectivity index (χ4v) is 9.46. The van der Waals surface area contributed by atoms with E-state index in [1.54, 1.807) is 5.30 Å². The molecule has 1 aromatic heterocycles. The highest BCUT2D eigenvalue weighted by molar-refractivity contribution is 8.03. The zero-order chi connectivity index (χ0) is 18.5. The molecule has 0 bridgehead atoms. The molecule has 0 aliphatic carbocycles. The molecule has 4 aromatic rings. The highest BCUT2D eigenvalue weighted by Gasteiger charge is 2.20. The van der Waals surface area contributed by atoms with Crippen molar-refractivity contribution in [1.29, 1.82) is 0 Å². The number of hydrogen-bond acceptors (Lipinski definition) is 0. The van der Waals surface area contributed by atoms with Crippen molar-refractivity contribution in [3.8, 4) is 32.8 Å². The molecule has 0 fully saturated rings. The Bertz CT molecular complexity index is 987. The summed E-state index contributed by atoms with van der Waals surface area (Å²) in [5, 5.41) is 3.09. The van der Waals surface area contributed by atoms with Gasteiger partial charge in [-0.3, -0.25) is 0 Å². The zero-order valence-corrected chi connectivity index (χ0v) is 17.5. The minimum absolute atomic E-state index is 0.202. The summed E-state index contributed by atoms with van der Waals surface area (Å²) in [4.78, 5) is 0. The van der Waals surface area contributed by atoms with Gasteiger partial charge in [-0.25, -0.2) is 0 Å². The van der Waals surface area contributed by atoms with Crippen LogP contribution >= 0.6 is 15.1 Å². The molecule has 1 heterocycles. The van der Waals surface area contributed by atoms with Crippen molar-refractivity contribution >= 4 is 15.1 Å². The summed E-state index contributed by atoms with van der Waals surface area (Å²) < 4.78 is 0. The maximum absolute atomic E-state index is 2.30. The van der Waals surface area contributed by atoms with Gasteiger partial charge in [0.2, 0.25) is 0 Å². The van der Waals surface area contributed by atoms with Crippen LogP contribution in [0, 0.1) is 0 Å². The predicted octanol–water partition coefficient (Wildman–Crippen LogP) is 9.05. The first-order chi connectivity index (χ1) is 13.4. The molecule has 27 heavy (non-hydrogen) atoms. The molecule has 0 N–H and O–H groups in total. The van der Waals surface area contributed by atoms with Crippen LogP contribution in [0.25, 0.3) is 32.8 Å². The maximum atomic E-state index is 2.30. The Balaban J connectivity index is 2.01. The first-order valence-corrected chi connectivity index (χ1v) is 12.8. The molecule has 0 saturated carbocycles. The molecule has 134 valence electrons. The summed E-state index contributed by atoms with van der Waals surface area (Å²) in [5.41, 5.74) is 5.59. The Morgan fingerprint density at radius 3 is 1.74 bits per heavy atom. The van der Waals surface area contributed by atoms with E-state index in [9.17, 15) is 0 Å². The third kappa shape index (κ3) is 3.93. The van der Waals surface area contributed by atoms with E-state index >= 15 is 0 Å². The zero-order valence-electron chi connectivity index (χ0n) is 15.7. The first kappa shape index (κ1) is 18.2. The average Bonchev–Trinajstić information content (AvgIpc) is 3.13. The van der Waals surface area contributed by atoms with Gasteiger partial charge < -0.3 is 0 Å². The maximum Gasteiger partial charge on any atom is 0.0218 e. The monoisotopic (exact) mass is 386 g/mol. The molecule has 0 aliphatic heterocycles. The standard InChI is InChI=1S/C25H24P2/c1-2-3-19-27-25(22-17-11-6-12-18-22)23(20-13-7-4-8-14-20)24(26-27)21-15-9-5-10-16-21/h4-18H,2-3,19H2,1H3. The normalized spacial score (nSPS) is 11.8. The Morgan fingerprint density at radius 2 is 1.19 bits per heavy atom. The van der Waals surface area contributed by atoms with Crippen molar-refractivity contribution < 1.29 is 0 Å². The molecular weight excluding hydrogens is 362 g/mol. The largest absolute Gasteiger partial charge is 0.0867 e. The lowest BCUT2D eigenvalue weighted by molar-refractivity contribution is 0.856. The molecular formula is C25H24P2. The van der Waals surface area contributed by atoms with E-state index < -0.39 is 0 Å². The van der Waals surface area contributed by atoms with Crippen LogP contribution < -0.4 is 0 Å². The van der Waals surface area contributed by atoms with Crippen LogP contribution in [0.3, 0.4) is 0 Å². The second-order valence-electron chi connectivity index (χ2n) is 6.75. The smallest absolute Gasteiger partial charge is 0.0218 e. The first-order valence-electron chi connectivity index (χ1n) is 9.65. The molecule has 0 saturated heterocycles. The van der Waals surface area contributed by atoms with Crippen LogP contribution in [0.1, 0.15) is 19.8 Å². The van der Waals surface area contributed by atoms with Crippen molar-refractivity contribution in [2.24, 2.45) is 0 Å². The third-order valence-electron chi connectivity index (χ3n) is 4.83. The van der Waals surface area contributed by atoms with Crippen molar-refractivity contribution in [2.45, 2.75) is 25.9 Å². The van der Waals surface area contributed by atoms with Gasteiger partial charge in [0.1, 0.15) is 0 Å². The summed E-state index contributed by atoms with van der Waals surface area (Å²) in [7, 11) is 1.31. The van der Waals surface area contributed by atoms with Gasteiger partial charge in [0, 0.05) is 16.2 Å². The van der Waals surface area contributed by atoms with Gasteiger partial charge in [0.25, 0.3) is 0 Å². The number of rotatable bonds is 6. The van der Waals surface area contributed by atoms with Gasteiger partial charge in [0.15, 0.2) is 0 Å². The van der Waals surface area contributed by atoms with Crippen LogP contribution in [-0.4, -0.2) is 0 Å². The lowest BCUT2D eigenvalue weighted by Gasteiger charge is -2.11. The minimum atomic E-state index is -0.202. The van der Waals surface area contributed by atoms with Gasteiger partial charge in [-0.2, -0.15) is 0 Å². The summed E-state index contributed by atoms with van der Waals surface area (Å²) in [6.07, 6.45) is 3.88. The van der Waals surface area contributed by atoms with E-state index in [4.69, 9.17) is 0 Å². The van der Waals surface area contributed by atoms with E-state index in [2.05, 4.69) is 97.9 Å². The van der Waals surface area contributed by atoms with E-state index in [0.29, 0.717) is 0 Å². The minimum Gasteiger partial charge on any atom is -0.0867 e. The lowest BCUT2D eigenvalue weighted by atomic mass is 9.98. The molecule has 0 nitrogen and oxygen atoms in total. The van der Waals surface area contributed by atoms with Crippen LogP contribution in [0.15, 0.2) is 91.0 Å². The van der Waals surface area contributed by atoms with Crippen LogP contribution in [0.4, 0.5) is 0 Å². The quantitative estimate of drug-likeness (QED) is 0.310. The molecule has 0 amide bonds. The number of unbranched alkanes of at least 4 members (excludes halogenated alkanes) is 1. The van der Waals surface area contributed by atoms with E-state index in [1.165, 1.54) is 54.4 Å². The molecule has 0 radical (unpaired) electrons. The topological polar surface area (TPSA) is 0 Å². The number of aryl methyl sites for hydroxylation is 1. The van der Waals surface area contributed by atoms with Crippen LogP contribution in [-0.2, 0) is 6.16 Å². The van der Waals surface area contributed by atoms with Gasteiger partial charge in [0.05, 0.1) is 0 Å². The second-order valence-corrected chi connectivity index (χ2v) is 11.1. The summed E-state index contributed by atoms with van der Waals surface area (Å²) in [6.45, 7) is 2.30. The summed E-state index contributed by atoms with van der Waals surface area (Å²) in [5.74, 6) is 0. The molecule has 0 aliphatic rings. The van der Waals surface area contributed by atoms with Gasteiger partial charge >= 0.3 is 0 Å². The molecule has 2 heteroatoms. The molecule has 1 atom stereocenters. The SMILES string of the molecule is CCCCp1pc(-c2ccccc2)c(-c2ccccc2)c1-c1ccccc1. The van der Waals surface area contributed by atoms with Crippen molar-refractivity contribution in [1.82, 2.24) is 0 Å². The highest BCUT2D eigenvalue weighted by atomic mass is 31.9. The van der Waals surface area contributed by atoms with E-state index in [-0.39, 0.29) is 7.21 Å². The van der Waals surface area contributed by atoms with Crippen molar-refractivity contribution in [3.05, 3.63) is 91.0 Å². The lowest BCUT2D eigenvalue weighted by Crippen LogP contribution is -1.83. The average molecular weight is 386 g/mol. The number of benzene rings is 3. The fraction of sp³-hybridized carbons (Fsp3) is 0.160. The number of hydrogen-bond donors (Lipinski definition) is 0. The fourth-order valence-electron chi connectivity index (χ4n) is 3.50. The van der Waals surface area contributed by atoms with E-state index in [1.807, 2.05) is 0 Å². The van der Waals surface area contributed by atoms with Gasteiger partial charge in [-0.1, -0.05) is 112 Å². The highest BCUT2D eigenvalue weighted by Crippen LogP contribution is 2.62. The molecule has 3 aromatic carbocycles. The van der Waals surface area contributed by atoms with Gasteiger partial charge in [-0.05, 0) is 37.1 Å². The molecule has 0 spiro atoms. The Kier molecular flexibility index (Phi) is 5.88. The Labute approximate surface area is 165 Å². The summed E-state index contributed by atoms with van der Waals surface area (Å²) in [6, 6.07) is 33.0. The van der Waals surface area contributed by atoms with Crippen molar-refractivity contribution in [3.63, 3.8) is 0 Å². The molecule has 4 rings (SSSR count).